The van der Waals surface area contributed by atoms with Gasteiger partial charge < -0.3 is 8.83 Å². The number of benzene rings is 12. The summed E-state index contributed by atoms with van der Waals surface area (Å²) >= 11 is 10.7. The highest BCUT2D eigenvalue weighted by atomic mass is 32.1. The fourth-order valence-corrected chi connectivity index (χ4v) is 24.1. The van der Waals surface area contributed by atoms with E-state index < -0.39 is 0 Å². The third-order valence-corrected chi connectivity index (χ3v) is 32.1. The number of para-hydroxylation sites is 2. The molecule has 0 N–H and O–H groups in total. The second-order valence-corrected chi connectivity index (χ2v) is 40.9. The van der Waals surface area contributed by atoms with Gasteiger partial charge in [-0.3, -0.25) is 9.97 Å². The molecule has 0 amide bonds. The van der Waals surface area contributed by atoms with Gasteiger partial charge in [-0.15, -0.1) is 68.0 Å². The van der Waals surface area contributed by atoms with Crippen LogP contribution in [0.5, 0.6) is 0 Å². The quantitative estimate of drug-likeness (QED) is 0.161. The Morgan fingerprint density at radius 2 is 0.489 bits per heavy atom. The molecule has 12 aromatic carbocycles. The van der Waals surface area contributed by atoms with Crippen molar-refractivity contribution in [3.8, 4) is 45.3 Å². The number of fused-ring (bicyclic) bond motifs is 24. The van der Waals surface area contributed by atoms with Gasteiger partial charge in [0.2, 0.25) is 0 Å². The minimum atomic E-state index is 0.738. The van der Waals surface area contributed by atoms with Crippen LogP contribution in [0.25, 0.3) is 211 Å². The van der Waals surface area contributed by atoms with Crippen LogP contribution in [-0.4, -0.2) is 69.8 Å². The normalized spacial score (nSPS) is 11.3. The van der Waals surface area contributed by atoms with Crippen molar-refractivity contribution in [2.24, 2.45) is 0 Å². The molecular weight excluding hydrogens is 1850 g/mol. The van der Waals surface area contributed by atoms with Crippen LogP contribution in [0.15, 0.2) is 331 Å². The van der Waals surface area contributed by atoms with Crippen molar-refractivity contribution in [1.82, 2.24) is 69.8 Å². The minimum Gasteiger partial charge on any atom is -0.454 e. The molecule has 141 heavy (non-hydrogen) atoms. The summed E-state index contributed by atoms with van der Waals surface area (Å²) in [5, 5.41) is 9.54. The average molecular weight is 1940 g/mol. The van der Waals surface area contributed by atoms with Gasteiger partial charge >= 0.3 is 0 Å². The number of hydrogen-bond acceptors (Lipinski definition) is 22. The van der Waals surface area contributed by atoms with Crippen LogP contribution in [0.4, 0.5) is 0 Å². The zero-order chi connectivity index (χ0) is 96.6. The highest BCUT2D eigenvalue weighted by Gasteiger charge is 2.20. The molecular formula is C119H92N14O2S6. The molecule has 0 radical (unpaired) electrons. The minimum absolute atomic E-state index is 0.738. The second kappa shape index (κ2) is 39.7. The summed E-state index contributed by atoms with van der Waals surface area (Å²) in [7, 11) is 0. The van der Waals surface area contributed by atoms with E-state index in [1.807, 2.05) is 164 Å². The molecule has 0 saturated carbocycles. The van der Waals surface area contributed by atoms with Crippen LogP contribution in [0, 0.1) is 90.0 Å². The van der Waals surface area contributed by atoms with Crippen molar-refractivity contribution in [1.29, 1.82) is 0 Å². The first-order chi connectivity index (χ1) is 68.7. The molecule has 0 aliphatic carbocycles. The van der Waals surface area contributed by atoms with Gasteiger partial charge in [0.15, 0.2) is 28.6 Å². The van der Waals surface area contributed by atoms with Gasteiger partial charge in [0.1, 0.15) is 39.7 Å². The molecule has 686 valence electrons. The molecule has 0 aliphatic heterocycles. The standard InChI is InChI=1S/2C18H14N2S.C18H13NS.C17H12N2O.3C12H10N2S.C12H9NO/c2*1-11-7-9-13(10-8-11)18-19-12(2)17-16(20-18)14-5-3-4-6-15(14)21-17;1-12-9-10-19-17-15-8-7-14(11-16(15)20-18(12)17)13-5-3-2-4-6-13;1-11-16-15(13-9-5-6-10-14(13)20-16)19-17(18-11)12-7-3-2-4-8-12;3*1-7-12-11(14-8(2)13-7)9-5-3-4-6-10(9)15-12;1-8-6-7-13-11-9-4-2-3-5-10(9)14-12(8)11/h2*3-10H,1-2H3;2-11H,1H3;2-10H,1H3;3*3-6H,1-2H3;2-7H,1H3. The smallest absolute Gasteiger partial charge is 0.175 e. The number of thiophene rings is 6. The summed E-state index contributed by atoms with van der Waals surface area (Å²) in [6, 6.07) is 106. The van der Waals surface area contributed by atoms with Crippen molar-refractivity contribution in [3.63, 3.8) is 0 Å². The first-order valence-corrected chi connectivity index (χ1v) is 51.2. The molecule has 0 unspecified atom stereocenters. The number of furan rings is 2. The van der Waals surface area contributed by atoms with Gasteiger partial charge in [-0.2, -0.15) is 0 Å². The van der Waals surface area contributed by atoms with E-state index in [1.54, 1.807) is 56.7 Å². The highest BCUT2D eigenvalue weighted by molar-refractivity contribution is 7.28. The van der Waals surface area contributed by atoms with Crippen molar-refractivity contribution in [2.45, 2.75) is 90.0 Å². The number of rotatable bonds is 4. The van der Waals surface area contributed by atoms with Crippen LogP contribution in [0.1, 0.15) is 73.9 Å². The average Bonchev–Trinajstić information content (AvgIpc) is 1.57. The lowest BCUT2D eigenvalue weighted by molar-refractivity contribution is 0.661. The predicted molar refractivity (Wildman–Crippen MR) is 596 cm³/mol. The molecule has 22 heteroatoms. The van der Waals surface area contributed by atoms with Gasteiger partial charge in [0, 0.05) is 100 Å². The lowest BCUT2D eigenvalue weighted by Gasteiger charge is -2.03. The van der Waals surface area contributed by atoms with Crippen LogP contribution in [0.2, 0.25) is 0 Å². The first kappa shape index (κ1) is 91.7. The number of hydrogen-bond donors (Lipinski definition) is 0. The van der Waals surface area contributed by atoms with Gasteiger partial charge in [-0.1, -0.05) is 248 Å². The summed E-state index contributed by atoms with van der Waals surface area (Å²) in [5.74, 6) is 4.91. The van der Waals surface area contributed by atoms with Crippen molar-refractivity contribution >= 4 is 234 Å². The van der Waals surface area contributed by atoms with Crippen LogP contribution >= 0.6 is 68.0 Å². The Kier molecular flexibility index (Phi) is 25.8. The molecule has 0 fully saturated rings. The zero-order valence-electron chi connectivity index (χ0n) is 79.6. The van der Waals surface area contributed by atoms with Crippen molar-refractivity contribution < 1.29 is 8.83 Å². The number of aromatic nitrogens is 14. The Balaban J connectivity index is 0.0000000959. The van der Waals surface area contributed by atoms with E-state index in [0.717, 1.165) is 169 Å². The number of nitrogens with zero attached hydrogens (tertiary/aromatic N) is 14. The largest absolute Gasteiger partial charge is 0.454 e. The van der Waals surface area contributed by atoms with E-state index in [4.69, 9.17) is 28.8 Å². The molecule has 0 atom stereocenters. The van der Waals surface area contributed by atoms with Crippen LogP contribution in [-0.2, 0) is 0 Å². The fraction of sp³-hybridized carbons (Fsp3) is 0.109. The summed E-state index contributed by atoms with van der Waals surface area (Å²) < 4.78 is 26.6. The third-order valence-electron chi connectivity index (χ3n) is 24.4. The summed E-state index contributed by atoms with van der Waals surface area (Å²) in [4.78, 5) is 63.9. The maximum Gasteiger partial charge on any atom is 0.175 e. The molecule has 28 aromatic rings. The van der Waals surface area contributed by atoms with Gasteiger partial charge in [0.25, 0.3) is 0 Å². The maximum atomic E-state index is 5.85. The van der Waals surface area contributed by atoms with Gasteiger partial charge in [-0.05, 0) is 185 Å². The Morgan fingerprint density at radius 3 is 0.908 bits per heavy atom. The Labute approximate surface area is 836 Å². The van der Waals surface area contributed by atoms with Crippen LogP contribution < -0.4 is 0 Å². The Morgan fingerprint density at radius 1 is 0.191 bits per heavy atom. The molecule has 0 saturated heterocycles. The van der Waals surface area contributed by atoms with E-state index in [1.165, 1.54) is 117 Å². The molecule has 16 aromatic heterocycles. The summed E-state index contributed by atoms with van der Waals surface area (Å²) in [5.41, 5.74) is 28.7. The Bertz CT molecular complexity index is 9140. The van der Waals surface area contributed by atoms with Gasteiger partial charge in [-0.25, -0.2) is 59.8 Å². The van der Waals surface area contributed by atoms with Gasteiger partial charge in [0.05, 0.1) is 95.5 Å². The lowest BCUT2D eigenvalue weighted by Crippen LogP contribution is -1.92. The predicted octanol–water partition coefficient (Wildman–Crippen LogP) is 33.7. The third kappa shape index (κ3) is 18.8. The second-order valence-electron chi connectivity index (χ2n) is 34.6. The maximum absolute atomic E-state index is 5.85. The topological polar surface area (TPSA) is 207 Å². The molecule has 28 rings (SSSR count). The van der Waals surface area contributed by atoms with E-state index >= 15 is 0 Å². The van der Waals surface area contributed by atoms with Crippen molar-refractivity contribution in [2.75, 3.05) is 0 Å². The monoisotopic (exact) mass is 1940 g/mol. The SMILES string of the molecule is Cc1ccc(-c2nc(C)c3sc4ccccc4c3n2)cc1.Cc1ccc(-c2nc(C)c3sc4ccccc4c3n2)cc1.Cc1ccnc2c1oc1ccccc12.Cc1ccnc2c1sc1cc(-c3ccccc3)ccc12.Cc1nc(-c2ccccc2)nc2c1oc1ccccc12.Cc1nc(C)c2sc3ccccc3c2n1.Cc1nc(C)c2sc3ccccc3c2n1.Cc1nc(C)c2sc3ccccc3c2n1. The fourth-order valence-electron chi connectivity index (χ4n) is 17.5. The molecule has 0 bridgehead atoms. The Hall–Kier alpha value is -15.7. The molecule has 16 heterocycles. The molecule has 0 aliphatic rings. The first-order valence-electron chi connectivity index (χ1n) is 46.3. The number of aryl methyl sites for hydroxylation is 13. The molecule has 0 spiro atoms. The van der Waals surface area contributed by atoms with E-state index in [-0.39, 0.29) is 0 Å². The van der Waals surface area contributed by atoms with E-state index in [9.17, 15) is 0 Å². The summed E-state index contributed by atoms with van der Waals surface area (Å²) in [6.07, 6.45) is 3.72. The van der Waals surface area contributed by atoms with E-state index in [0.29, 0.717) is 0 Å². The van der Waals surface area contributed by atoms with Crippen molar-refractivity contribution in [3.05, 3.63) is 396 Å². The number of pyridine rings is 2. The summed E-state index contributed by atoms with van der Waals surface area (Å²) in [6.45, 7) is 26.4. The van der Waals surface area contributed by atoms with Crippen LogP contribution in [0.3, 0.4) is 0 Å². The zero-order valence-corrected chi connectivity index (χ0v) is 84.5. The molecule has 16 nitrogen and oxygen atoms in total. The van der Waals surface area contributed by atoms with E-state index in [2.05, 4.69) is 309 Å². The highest BCUT2D eigenvalue weighted by Crippen LogP contribution is 2.43. The lowest BCUT2D eigenvalue weighted by atomic mass is 10.0.